The van der Waals surface area contributed by atoms with Gasteiger partial charge in [0.2, 0.25) is 0 Å². The number of nitrogens with one attached hydrogen (secondary N) is 4. The third kappa shape index (κ3) is 2.62. The molecule has 0 aliphatic heterocycles. The third-order valence-corrected chi connectivity index (χ3v) is 3.37. The molecule has 9 heteroatoms. The van der Waals surface area contributed by atoms with Crippen molar-refractivity contribution in [1.29, 1.82) is 0 Å². The molecule has 4 heterocycles. The van der Waals surface area contributed by atoms with E-state index in [4.69, 9.17) is 0 Å². The van der Waals surface area contributed by atoms with Gasteiger partial charge in [-0.05, 0) is 0 Å². The van der Waals surface area contributed by atoms with E-state index in [9.17, 15) is 8.78 Å². The van der Waals surface area contributed by atoms with Gasteiger partial charge in [-0.25, -0.2) is 23.7 Å². The van der Waals surface area contributed by atoms with Gasteiger partial charge in [-0.15, -0.1) is 0 Å². The van der Waals surface area contributed by atoms with E-state index in [1.165, 1.54) is 30.9 Å². The third-order valence-electron chi connectivity index (χ3n) is 3.37. The second kappa shape index (κ2) is 5.61. The second-order valence-electron chi connectivity index (χ2n) is 5.00. The van der Waals surface area contributed by atoms with Gasteiger partial charge in [-0.2, -0.15) is 0 Å². The van der Waals surface area contributed by atoms with Crippen LogP contribution in [-0.4, -0.2) is 24.9 Å². The van der Waals surface area contributed by atoms with E-state index in [-0.39, 0.29) is 5.82 Å². The number of aromatic amines is 3. The minimum Gasteiger partial charge on any atom is -0.366 e. The maximum atomic E-state index is 13.1. The van der Waals surface area contributed by atoms with Crippen LogP contribution < -0.4 is 10.8 Å². The smallest absolute Gasteiger partial charge is 0.165 e. The SMILES string of the molecule is Fc1c[nH]c(/N=c2\ncnc(Nc3cc(F)c[nH]3)c3c[nH]cc23)c1. The van der Waals surface area contributed by atoms with Crippen molar-refractivity contribution in [1.82, 2.24) is 24.9 Å². The van der Waals surface area contributed by atoms with E-state index in [0.29, 0.717) is 33.7 Å². The van der Waals surface area contributed by atoms with Crippen LogP contribution in [0.15, 0.2) is 48.2 Å². The Labute approximate surface area is 133 Å². The highest BCUT2D eigenvalue weighted by Gasteiger charge is 2.07. The Balaban J connectivity index is 1.85. The lowest BCUT2D eigenvalue weighted by Gasteiger charge is -2.00. The van der Waals surface area contributed by atoms with Crippen molar-refractivity contribution in [2.24, 2.45) is 4.99 Å². The van der Waals surface area contributed by atoms with Gasteiger partial charge in [-0.3, -0.25) is 0 Å². The number of H-pyrrole nitrogens is 3. The van der Waals surface area contributed by atoms with Crippen LogP contribution in [0.3, 0.4) is 0 Å². The quantitative estimate of drug-likeness (QED) is 0.466. The average molecular weight is 327 g/mol. The first-order valence-corrected chi connectivity index (χ1v) is 7.00. The fraction of sp³-hybridized carbons (Fsp3) is 0. The molecule has 4 rings (SSSR count). The number of hydrogen-bond acceptors (Lipinski definition) is 4. The zero-order valence-electron chi connectivity index (χ0n) is 12.1. The van der Waals surface area contributed by atoms with Crippen LogP contribution in [0, 0.1) is 11.6 Å². The summed E-state index contributed by atoms with van der Waals surface area (Å²) in [7, 11) is 0. The molecule has 4 aromatic rings. The standard InChI is InChI=1S/C15H11F2N7/c16-8-1-12(19-3-8)23-14-10-5-18-6-11(10)15(22-7-21-14)24-13-2-9(17)4-20-13/h1-7,18-20H,(H,21,22,23,24). The molecule has 120 valence electrons. The first kappa shape index (κ1) is 14.1. The van der Waals surface area contributed by atoms with Crippen LogP contribution >= 0.6 is 0 Å². The van der Waals surface area contributed by atoms with Crippen molar-refractivity contribution in [3.8, 4) is 0 Å². The van der Waals surface area contributed by atoms with Crippen molar-refractivity contribution in [2.75, 3.05) is 5.32 Å². The number of rotatable bonds is 3. The molecule has 0 aromatic carbocycles. The number of halogens is 2. The molecule has 0 aliphatic rings. The van der Waals surface area contributed by atoms with Crippen molar-refractivity contribution in [2.45, 2.75) is 0 Å². The van der Waals surface area contributed by atoms with Gasteiger partial charge in [0, 0.05) is 47.7 Å². The molecule has 24 heavy (non-hydrogen) atoms. The van der Waals surface area contributed by atoms with E-state index in [2.05, 4.69) is 35.2 Å². The highest BCUT2D eigenvalue weighted by Crippen LogP contribution is 2.21. The van der Waals surface area contributed by atoms with Gasteiger partial charge in [0.05, 0.1) is 0 Å². The van der Waals surface area contributed by atoms with Crippen molar-refractivity contribution >= 4 is 28.2 Å². The number of hydrogen-bond donors (Lipinski definition) is 4. The summed E-state index contributed by atoms with van der Waals surface area (Å²) in [6.07, 6.45) is 7.21. The molecule has 4 N–H and O–H groups in total. The van der Waals surface area contributed by atoms with Gasteiger partial charge in [0.15, 0.2) is 5.49 Å². The highest BCUT2D eigenvalue weighted by atomic mass is 19.1. The van der Waals surface area contributed by atoms with E-state index < -0.39 is 5.82 Å². The molecule has 0 bridgehead atoms. The van der Waals surface area contributed by atoms with Crippen LogP contribution in [0.4, 0.5) is 26.2 Å². The summed E-state index contributed by atoms with van der Waals surface area (Å²) < 4.78 is 26.2. The molecule has 0 fully saturated rings. The molecule has 4 aromatic heterocycles. The Hall–Kier alpha value is -3.49. The van der Waals surface area contributed by atoms with Crippen LogP contribution in [0.5, 0.6) is 0 Å². The predicted octanol–water partition coefficient (Wildman–Crippen LogP) is 2.87. The fourth-order valence-corrected chi connectivity index (χ4v) is 2.32. The Morgan fingerprint density at radius 3 is 2.46 bits per heavy atom. The zero-order chi connectivity index (χ0) is 16.5. The van der Waals surface area contributed by atoms with E-state index >= 15 is 0 Å². The topological polar surface area (TPSA) is 97.5 Å². The van der Waals surface area contributed by atoms with Crippen molar-refractivity contribution in [3.05, 3.63) is 60.4 Å². The maximum absolute atomic E-state index is 13.1. The number of aromatic nitrogens is 5. The molecule has 0 spiro atoms. The van der Waals surface area contributed by atoms with Crippen LogP contribution in [0.2, 0.25) is 0 Å². The first-order chi connectivity index (χ1) is 11.7. The Morgan fingerprint density at radius 2 is 1.71 bits per heavy atom. The van der Waals surface area contributed by atoms with Crippen LogP contribution in [-0.2, 0) is 0 Å². The summed E-state index contributed by atoms with van der Waals surface area (Å²) in [5, 5.41) is 4.37. The predicted molar refractivity (Wildman–Crippen MR) is 83.9 cm³/mol. The van der Waals surface area contributed by atoms with E-state index in [1.807, 2.05) is 0 Å². The Morgan fingerprint density at radius 1 is 0.917 bits per heavy atom. The number of anilines is 2. The summed E-state index contributed by atoms with van der Waals surface area (Å²) in [4.78, 5) is 21.1. The van der Waals surface area contributed by atoms with E-state index in [0.717, 1.165) is 0 Å². The molecule has 7 nitrogen and oxygen atoms in total. The highest BCUT2D eigenvalue weighted by molar-refractivity contribution is 5.91. The number of nitrogens with zero attached hydrogens (tertiary/aromatic N) is 3. The Kier molecular flexibility index (Phi) is 3.30. The normalized spacial score (nSPS) is 12.0. The van der Waals surface area contributed by atoms with Crippen LogP contribution in [0.25, 0.3) is 10.8 Å². The fourth-order valence-electron chi connectivity index (χ4n) is 2.32. The molecule has 0 amide bonds. The first-order valence-electron chi connectivity index (χ1n) is 7.00. The molecule has 0 aliphatic carbocycles. The van der Waals surface area contributed by atoms with Gasteiger partial charge >= 0.3 is 0 Å². The molecular formula is C15H11F2N7. The molecule has 0 unspecified atom stereocenters. The molecule has 0 radical (unpaired) electrons. The molecule has 0 saturated heterocycles. The molecule has 0 atom stereocenters. The maximum Gasteiger partial charge on any atom is 0.165 e. The lowest BCUT2D eigenvalue weighted by Crippen LogP contribution is -2.03. The Bertz CT molecular complexity index is 1080. The lowest BCUT2D eigenvalue weighted by molar-refractivity contribution is 0.629. The molecule has 0 saturated carbocycles. The second-order valence-corrected chi connectivity index (χ2v) is 5.00. The average Bonchev–Trinajstić information content (AvgIpc) is 3.25. The zero-order valence-corrected chi connectivity index (χ0v) is 12.1. The summed E-state index contributed by atoms with van der Waals surface area (Å²) in [6, 6.07) is 2.58. The molecular weight excluding hydrogens is 316 g/mol. The van der Waals surface area contributed by atoms with Gasteiger partial charge in [-0.1, -0.05) is 0 Å². The minimum absolute atomic E-state index is 0.342. The van der Waals surface area contributed by atoms with Crippen LogP contribution in [0.1, 0.15) is 0 Å². The summed E-state index contributed by atoms with van der Waals surface area (Å²) in [5.74, 6) is 0.479. The minimum atomic E-state index is -0.409. The van der Waals surface area contributed by atoms with Crippen molar-refractivity contribution in [3.63, 3.8) is 0 Å². The summed E-state index contributed by atoms with van der Waals surface area (Å²) in [6.45, 7) is 0. The largest absolute Gasteiger partial charge is 0.366 e. The van der Waals surface area contributed by atoms with Crippen molar-refractivity contribution < 1.29 is 8.78 Å². The van der Waals surface area contributed by atoms with Gasteiger partial charge in [0.1, 0.15) is 35.4 Å². The number of fused-ring (bicyclic) bond motifs is 1. The van der Waals surface area contributed by atoms with E-state index in [1.54, 1.807) is 12.4 Å². The summed E-state index contributed by atoms with van der Waals surface area (Å²) >= 11 is 0. The van der Waals surface area contributed by atoms with Gasteiger partial charge in [0.25, 0.3) is 0 Å². The van der Waals surface area contributed by atoms with Gasteiger partial charge < -0.3 is 20.3 Å². The summed E-state index contributed by atoms with van der Waals surface area (Å²) in [5.41, 5.74) is 0.367. The monoisotopic (exact) mass is 327 g/mol. The lowest BCUT2D eigenvalue weighted by atomic mass is 10.3.